The summed E-state index contributed by atoms with van der Waals surface area (Å²) in [5.74, 6) is 0.649. The van der Waals surface area contributed by atoms with Crippen molar-refractivity contribution in [2.24, 2.45) is 0 Å². The fourth-order valence-electron chi connectivity index (χ4n) is 3.85. The van der Waals surface area contributed by atoms with Gasteiger partial charge in [-0.2, -0.15) is 0 Å². The summed E-state index contributed by atoms with van der Waals surface area (Å²) in [4.78, 5) is 29.0. The monoisotopic (exact) mass is 556 g/mol. The van der Waals surface area contributed by atoms with E-state index in [1.807, 2.05) is 87.5 Å². The SMILES string of the molecule is CC[C@H](C)NC(=O)[C@@H](Cc1ccccc1)N(Cc1ccc(C)cc1)C(=O)CSCc1ccc(Cl)c(Cl)c1. The molecule has 0 aliphatic carbocycles. The number of rotatable bonds is 12. The van der Waals surface area contributed by atoms with E-state index in [-0.39, 0.29) is 23.6 Å². The highest BCUT2D eigenvalue weighted by Crippen LogP contribution is 2.25. The van der Waals surface area contributed by atoms with Gasteiger partial charge in [-0.05, 0) is 49.1 Å². The van der Waals surface area contributed by atoms with Gasteiger partial charge in [-0.3, -0.25) is 9.59 Å². The maximum Gasteiger partial charge on any atom is 0.243 e. The van der Waals surface area contributed by atoms with Crippen molar-refractivity contribution in [2.75, 3.05) is 5.75 Å². The summed E-state index contributed by atoms with van der Waals surface area (Å²) >= 11 is 13.7. The molecule has 3 rings (SSSR count). The second-order valence-electron chi connectivity index (χ2n) is 9.27. The topological polar surface area (TPSA) is 49.4 Å². The Morgan fingerprint density at radius 1 is 0.919 bits per heavy atom. The van der Waals surface area contributed by atoms with Gasteiger partial charge in [-0.25, -0.2) is 0 Å². The number of halogens is 2. The molecule has 7 heteroatoms. The summed E-state index contributed by atoms with van der Waals surface area (Å²) in [6, 6.07) is 22.8. The quantitative estimate of drug-likeness (QED) is 0.259. The van der Waals surface area contributed by atoms with Crippen LogP contribution in [0.25, 0.3) is 0 Å². The van der Waals surface area contributed by atoms with E-state index in [2.05, 4.69) is 5.32 Å². The Labute approximate surface area is 234 Å². The van der Waals surface area contributed by atoms with Crippen molar-refractivity contribution in [1.29, 1.82) is 0 Å². The van der Waals surface area contributed by atoms with Gasteiger partial charge in [-0.1, -0.05) is 96.4 Å². The van der Waals surface area contributed by atoms with Crippen molar-refractivity contribution in [3.8, 4) is 0 Å². The van der Waals surface area contributed by atoms with Crippen LogP contribution in [-0.2, 0) is 28.3 Å². The highest BCUT2D eigenvalue weighted by Gasteiger charge is 2.30. The summed E-state index contributed by atoms with van der Waals surface area (Å²) in [6.45, 7) is 6.41. The number of carbonyl (C=O) groups is 2. The molecule has 0 aliphatic heterocycles. The van der Waals surface area contributed by atoms with Gasteiger partial charge in [0, 0.05) is 24.8 Å². The van der Waals surface area contributed by atoms with Gasteiger partial charge in [0.25, 0.3) is 0 Å². The molecule has 1 N–H and O–H groups in total. The van der Waals surface area contributed by atoms with E-state index in [1.54, 1.807) is 11.0 Å². The van der Waals surface area contributed by atoms with Gasteiger partial charge in [0.05, 0.1) is 15.8 Å². The van der Waals surface area contributed by atoms with E-state index in [4.69, 9.17) is 23.2 Å². The van der Waals surface area contributed by atoms with Crippen molar-refractivity contribution in [3.63, 3.8) is 0 Å². The lowest BCUT2D eigenvalue weighted by Crippen LogP contribution is -2.52. The molecule has 37 heavy (non-hydrogen) atoms. The average Bonchev–Trinajstić information content (AvgIpc) is 2.89. The molecule has 0 aliphatic rings. The minimum atomic E-state index is -0.629. The number of benzene rings is 3. The first-order chi connectivity index (χ1) is 17.8. The first-order valence-electron chi connectivity index (χ1n) is 12.5. The zero-order valence-corrected chi connectivity index (χ0v) is 23.9. The van der Waals surface area contributed by atoms with Crippen LogP contribution in [-0.4, -0.2) is 34.6 Å². The third-order valence-corrected chi connectivity index (χ3v) is 7.95. The Bertz CT molecular complexity index is 1170. The second-order valence-corrected chi connectivity index (χ2v) is 11.1. The summed E-state index contributed by atoms with van der Waals surface area (Å²) in [5, 5.41) is 4.11. The lowest BCUT2D eigenvalue weighted by molar-refractivity contribution is -0.139. The first-order valence-corrected chi connectivity index (χ1v) is 14.4. The first kappa shape index (κ1) is 29.1. The Kier molecular flexibility index (Phi) is 11.4. The van der Waals surface area contributed by atoms with Crippen LogP contribution in [0.4, 0.5) is 0 Å². The third kappa shape index (κ3) is 9.10. The van der Waals surface area contributed by atoms with Crippen LogP contribution in [0.2, 0.25) is 10.0 Å². The molecule has 0 heterocycles. The minimum Gasteiger partial charge on any atom is -0.352 e. The molecule has 4 nitrogen and oxygen atoms in total. The van der Waals surface area contributed by atoms with E-state index in [1.165, 1.54) is 11.8 Å². The van der Waals surface area contributed by atoms with E-state index in [0.717, 1.165) is 28.7 Å². The van der Waals surface area contributed by atoms with Gasteiger partial charge < -0.3 is 10.2 Å². The minimum absolute atomic E-state index is 0.0196. The molecule has 0 fully saturated rings. The molecule has 196 valence electrons. The standard InChI is InChI=1S/C30H34Cl2N2O2S/c1-4-22(3)33-30(36)28(17-23-8-6-5-7-9-23)34(18-24-12-10-21(2)11-13-24)29(35)20-37-19-25-14-15-26(31)27(32)16-25/h5-16,22,28H,4,17-20H2,1-3H3,(H,33,36)/t22-,28+/m0/s1. The number of thioether (sulfide) groups is 1. The van der Waals surface area contributed by atoms with Crippen LogP contribution >= 0.6 is 35.0 Å². The van der Waals surface area contributed by atoms with Crippen molar-refractivity contribution < 1.29 is 9.59 Å². The smallest absolute Gasteiger partial charge is 0.243 e. The predicted molar refractivity (Wildman–Crippen MR) is 156 cm³/mol. The van der Waals surface area contributed by atoms with Gasteiger partial charge in [0.15, 0.2) is 0 Å². The highest BCUT2D eigenvalue weighted by atomic mass is 35.5. The number of aryl methyl sites for hydroxylation is 1. The number of amides is 2. The van der Waals surface area contributed by atoms with Crippen LogP contribution in [0.3, 0.4) is 0 Å². The van der Waals surface area contributed by atoms with Crippen LogP contribution in [0, 0.1) is 6.92 Å². The van der Waals surface area contributed by atoms with Crippen molar-refractivity contribution in [2.45, 2.75) is 58.0 Å². The molecular formula is C30H34Cl2N2O2S. The fraction of sp³-hybridized carbons (Fsp3) is 0.333. The van der Waals surface area contributed by atoms with Crippen LogP contribution in [0.5, 0.6) is 0 Å². The maximum absolute atomic E-state index is 13.7. The van der Waals surface area contributed by atoms with E-state index < -0.39 is 6.04 Å². The number of hydrogen-bond donors (Lipinski definition) is 1. The number of nitrogens with one attached hydrogen (secondary N) is 1. The largest absolute Gasteiger partial charge is 0.352 e. The third-order valence-electron chi connectivity index (χ3n) is 6.22. The zero-order chi connectivity index (χ0) is 26.8. The van der Waals surface area contributed by atoms with Gasteiger partial charge in [-0.15, -0.1) is 11.8 Å². The van der Waals surface area contributed by atoms with Crippen molar-refractivity contribution in [1.82, 2.24) is 10.2 Å². The molecule has 2 atom stereocenters. The highest BCUT2D eigenvalue weighted by molar-refractivity contribution is 7.99. The van der Waals surface area contributed by atoms with Crippen molar-refractivity contribution >= 4 is 46.8 Å². The summed E-state index contributed by atoms with van der Waals surface area (Å²) in [5.41, 5.74) is 4.14. The number of hydrogen-bond acceptors (Lipinski definition) is 3. The molecule has 0 radical (unpaired) electrons. The van der Waals surface area contributed by atoms with E-state index >= 15 is 0 Å². The lowest BCUT2D eigenvalue weighted by atomic mass is 10.0. The Morgan fingerprint density at radius 2 is 1.59 bits per heavy atom. The molecule has 3 aromatic rings. The summed E-state index contributed by atoms with van der Waals surface area (Å²) in [7, 11) is 0. The van der Waals surface area contributed by atoms with Crippen molar-refractivity contribution in [3.05, 3.63) is 105 Å². The molecule has 0 spiro atoms. The van der Waals surface area contributed by atoms with Crippen LogP contribution in [0.1, 0.15) is 42.5 Å². The second kappa shape index (κ2) is 14.5. The zero-order valence-electron chi connectivity index (χ0n) is 21.5. The molecular weight excluding hydrogens is 523 g/mol. The molecule has 2 amide bonds. The molecule has 3 aromatic carbocycles. The van der Waals surface area contributed by atoms with Gasteiger partial charge >= 0.3 is 0 Å². The average molecular weight is 558 g/mol. The normalized spacial score (nSPS) is 12.6. The fourth-order valence-corrected chi connectivity index (χ4v) is 5.03. The molecule has 0 saturated carbocycles. The Balaban J connectivity index is 1.84. The number of nitrogens with zero attached hydrogens (tertiary/aromatic N) is 1. The molecule has 0 saturated heterocycles. The van der Waals surface area contributed by atoms with Gasteiger partial charge in [0.1, 0.15) is 6.04 Å². The lowest BCUT2D eigenvalue weighted by Gasteiger charge is -2.32. The molecule has 0 unspecified atom stereocenters. The van der Waals surface area contributed by atoms with Gasteiger partial charge in [0.2, 0.25) is 11.8 Å². The van der Waals surface area contributed by atoms with Crippen LogP contribution in [0.15, 0.2) is 72.8 Å². The predicted octanol–water partition coefficient (Wildman–Crippen LogP) is 7.09. The van der Waals surface area contributed by atoms with E-state index in [9.17, 15) is 9.59 Å². The molecule has 0 aromatic heterocycles. The Hall–Kier alpha value is -2.47. The maximum atomic E-state index is 13.7. The van der Waals surface area contributed by atoms with Crippen LogP contribution < -0.4 is 5.32 Å². The number of carbonyl (C=O) groups excluding carboxylic acids is 2. The Morgan fingerprint density at radius 3 is 2.24 bits per heavy atom. The summed E-state index contributed by atoms with van der Waals surface area (Å²) < 4.78 is 0. The van der Waals surface area contributed by atoms with E-state index in [0.29, 0.717) is 28.8 Å². The summed E-state index contributed by atoms with van der Waals surface area (Å²) in [6.07, 6.45) is 1.26. The molecule has 0 bridgehead atoms.